The molecule has 0 bridgehead atoms. The third-order valence-corrected chi connectivity index (χ3v) is 3.84. The zero-order valence-electron chi connectivity index (χ0n) is 13.2. The Morgan fingerprint density at radius 2 is 1.96 bits per heavy atom. The molecule has 0 saturated carbocycles. The lowest BCUT2D eigenvalue weighted by Gasteiger charge is -2.11. The van der Waals surface area contributed by atoms with Gasteiger partial charge in [-0.3, -0.25) is 4.79 Å². The molecule has 1 amide bonds. The van der Waals surface area contributed by atoms with Gasteiger partial charge >= 0.3 is 5.63 Å². The van der Waals surface area contributed by atoms with E-state index in [4.69, 9.17) is 14.9 Å². The molecule has 0 unspecified atom stereocenters. The van der Waals surface area contributed by atoms with Gasteiger partial charge in [0.15, 0.2) is 0 Å². The summed E-state index contributed by atoms with van der Waals surface area (Å²) in [7, 11) is 0. The molecule has 3 aromatic rings. The first-order valence-corrected chi connectivity index (χ1v) is 7.65. The molecule has 1 aromatic heterocycles. The first-order valence-electron chi connectivity index (χ1n) is 7.65. The van der Waals surface area contributed by atoms with Gasteiger partial charge in [-0.05, 0) is 30.2 Å². The summed E-state index contributed by atoms with van der Waals surface area (Å²) in [5, 5.41) is 0.809. The maximum absolute atomic E-state index is 11.8. The second-order valence-corrected chi connectivity index (χ2v) is 5.42. The summed E-state index contributed by atoms with van der Waals surface area (Å²) in [5.74, 6) is -0.174. The summed E-state index contributed by atoms with van der Waals surface area (Å²) >= 11 is 0. The summed E-state index contributed by atoms with van der Waals surface area (Å²) in [5.41, 5.74) is 7.53. The number of para-hydroxylation sites is 1. The van der Waals surface area contributed by atoms with Gasteiger partial charge in [-0.2, -0.15) is 0 Å². The molecule has 2 N–H and O–H groups in total. The molecular formula is C19H17NO4. The summed E-state index contributed by atoms with van der Waals surface area (Å²) in [4.78, 5) is 23.2. The highest BCUT2D eigenvalue weighted by Crippen LogP contribution is 2.23. The summed E-state index contributed by atoms with van der Waals surface area (Å²) < 4.78 is 11.0. The van der Waals surface area contributed by atoms with Crippen LogP contribution in [0.15, 0.2) is 57.7 Å². The number of primary amides is 1. The second-order valence-electron chi connectivity index (χ2n) is 5.42. The van der Waals surface area contributed by atoms with Crippen LogP contribution in [0.5, 0.6) is 5.75 Å². The number of hydrogen-bond donors (Lipinski definition) is 1. The SMILES string of the molecule is CCc1ccc2c(COc3ccccc3C(N)=O)cc(=O)oc2c1. The van der Waals surface area contributed by atoms with Crippen LogP contribution in [0.25, 0.3) is 11.0 Å². The van der Waals surface area contributed by atoms with Crippen LogP contribution < -0.4 is 16.1 Å². The van der Waals surface area contributed by atoms with Crippen molar-refractivity contribution < 1.29 is 13.9 Å². The van der Waals surface area contributed by atoms with Gasteiger partial charge in [-0.25, -0.2) is 4.79 Å². The number of nitrogens with two attached hydrogens (primary N) is 1. The fraction of sp³-hybridized carbons (Fsp3) is 0.158. The molecule has 0 radical (unpaired) electrons. The molecule has 5 nitrogen and oxygen atoms in total. The van der Waals surface area contributed by atoms with Gasteiger partial charge in [0, 0.05) is 17.0 Å². The quantitative estimate of drug-likeness (QED) is 0.732. The van der Waals surface area contributed by atoms with E-state index in [1.54, 1.807) is 24.3 Å². The lowest BCUT2D eigenvalue weighted by atomic mass is 10.1. The molecule has 5 heteroatoms. The van der Waals surface area contributed by atoms with Crippen molar-refractivity contribution in [3.63, 3.8) is 0 Å². The van der Waals surface area contributed by atoms with Gasteiger partial charge in [-0.15, -0.1) is 0 Å². The zero-order valence-corrected chi connectivity index (χ0v) is 13.2. The van der Waals surface area contributed by atoms with Crippen LogP contribution in [0.3, 0.4) is 0 Å². The Morgan fingerprint density at radius 1 is 1.17 bits per heavy atom. The minimum atomic E-state index is -0.560. The largest absolute Gasteiger partial charge is 0.488 e. The molecule has 0 aliphatic heterocycles. The Kier molecular flexibility index (Phi) is 4.33. The van der Waals surface area contributed by atoms with Crippen LogP contribution in [-0.4, -0.2) is 5.91 Å². The van der Waals surface area contributed by atoms with Gasteiger partial charge in [0.2, 0.25) is 0 Å². The average Bonchev–Trinajstić information content (AvgIpc) is 2.59. The van der Waals surface area contributed by atoms with Gasteiger partial charge < -0.3 is 14.9 Å². The maximum atomic E-state index is 11.8. The second kappa shape index (κ2) is 6.58. The zero-order chi connectivity index (χ0) is 17.1. The van der Waals surface area contributed by atoms with Crippen LogP contribution in [0.1, 0.15) is 28.4 Å². The highest BCUT2D eigenvalue weighted by atomic mass is 16.5. The van der Waals surface area contributed by atoms with E-state index < -0.39 is 11.5 Å². The fourth-order valence-electron chi connectivity index (χ4n) is 2.57. The van der Waals surface area contributed by atoms with E-state index in [0.29, 0.717) is 22.5 Å². The molecule has 3 rings (SSSR count). The van der Waals surface area contributed by atoms with E-state index in [1.165, 1.54) is 6.07 Å². The van der Waals surface area contributed by atoms with Crippen molar-refractivity contribution in [1.29, 1.82) is 0 Å². The van der Waals surface area contributed by atoms with Crippen molar-refractivity contribution in [1.82, 2.24) is 0 Å². The molecule has 24 heavy (non-hydrogen) atoms. The third kappa shape index (κ3) is 3.15. The van der Waals surface area contributed by atoms with Gasteiger partial charge in [0.25, 0.3) is 5.91 Å². The van der Waals surface area contributed by atoms with Gasteiger partial charge in [0.05, 0.1) is 5.56 Å². The first kappa shape index (κ1) is 15.8. The Hall–Kier alpha value is -3.08. The Labute approximate surface area is 138 Å². The highest BCUT2D eigenvalue weighted by molar-refractivity contribution is 5.95. The molecule has 2 aromatic carbocycles. The monoisotopic (exact) mass is 323 g/mol. The maximum Gasteiger partial charge on any atom is 0.336 e. The van der Waals surface area contributed by atoms with Crippen molar-refractivity contribution in [2.24, 2.45) is 5.73 Å². The van der Waals surface area contributed by atoms with E-state index >= 15 is 0 Å². The smallest absolute Gasteiger partial charge is 0.336 e. The molecule has 0 fully saturated rings. The summed E-state index contributed by atoms with van der Waals surface area (Å²) in [6.07, 6.45) is 0.854. The topological polar surface area (TPSA) is 82.5 Å². The molecule has 0 atom stereocenters. The standard InChI is InChI=1S/C19H17NO4/c1-2-12-7-8-14-13(10-18(21)24-17(14)9-12)11-23-16-6-4-3-5-15(16)19(20)22/h3-10H,2,11H2,1H3,(H2,20,22). The summed E-state index contributed by atoms with van der Waals surface area (Å²) in [6.45, 7) is 2.17. The first-order chi connectivity index (χ1) is 11.6. The van der Waals surface area contributed by atoms with Crippen molar-refractivity contribution in [2.75, 3.05) is 0 Å². The average molecular weight is 323 g/mol. The summed E-state index contributed by atoms with van der Waals surface area (Å²) in [6, 6.07) is 13.9. The molecule has 122 valence electrons. The number of benzene rings is 2. The lowest BCUT2D eigenvalue weighted by Crippen LogP contribution is -2.13. The normalized spacial score (nSPS) is 10.7. The molecular weight excluding hydrogens is 306 g/mol. The van der Waals surface area contributed by atoms with Gasteiger partial charge in [-0.1, -0.05) is 31.2 Å². The van der Waals surface area contributed by atoms with Crippen molar-refractivity contribution in [3.05, 3.63) is 75.6 Å². The molecule has 0 aliphatic rings. The van der Waals surface area contributed by atoms with E-state index in [1.807, 2.05) is 25.1 Å². The number of rotatable bonds is 5. The Morgan fingerprint density at radius 3 is 2.71 bits per heavy atom. The van der Waals surface area contributed by atoms with Crippen molar-refractivity contribution >= 4 is 16.9 Å². The van der Waals surface area contributed by atoms with E-state index in [9.17, 15) is 9.59 Å². The fourth-order valence-corrected chi connectivity index (χ4v) is 2.57. The van der Waals surface area contributed by atoms with Crippen LogP contribution >= 0.6 is 0 Å². The Balaban J connectivity index is 1.96. The number of carbonyl (C=O) groups excluding carboxylic acids is 1. The molecule has 0 saturated heterocycles. The van der Waals surface area contributed by atoms with Crippen LogP contribution in [0, 0.1) is 0 Å². The molecule has 0 spiro atoms. The molecule has 0 aliphatic carbocycles. The van der Waals surface area contributed by atoms with E-state index in [2.05, 4.69) is 0 Å². The Bertz CT molecular complexity index is 959. The number of fused-ring (bicyclic) bond motifs is 1. The number of ether oxygens (including phenoxy) is 1. The lowest BCUT2D eigenvalue weighted by molar-refractivity contribution is 0.0996. The number of aryl methyl sites for hydroxylation is 1. The number of amides is 1. The van der Waals surface area contributed by atoms with E-state index in [0.717, 1.165) is 17.4 Å². The highest BCUT2D eigenvalue weighted by Gasteiger charge is 2.11. The number of carbonyl (C=O) groups is 1. The van der Waals surface area contributed by atoms with Crippen molar-refractivity contribution in [2.45, 2.75) is 20.0 Å². The van der Waals surface area contributed by atoms with E-state index in [-0.39, 0.29) is 6.61 Å². The van der Waals surface area contributed by atoms with Crippen LogP contribution in [0.4, 0.5) is 0 Å². The van der Waals surface area contributed by atoms with Crippen LogP contribution in [-0.2, 0) is 13.0 Å². The molecule has 1 heterocycles. The minimum Gasteiger partial charge on any atom is -0.488 e. The third-order valence-electron chi connectivity index (χ3n) is 3.84. The van der Waals surface area contributed by atoms with Crippen molar-refractivity contribution in [3.8, 4) is 5.75 Å². The minimum absolute atomic E-state index is 0.137. The van der Waals surface area contributed by atoms with Gasteiger partial charge in [0.1, 0.15) is 17.9 Å². The predicted molar refractivity (Wildman–Crippen MR) is 91.2 cm³/mol. The number of hydrogen-bond acceptors (Lipinski definition) is 4. The van der Waals surface area contributed by atoms with Crippen LogP contribution in [0.2, 0.25) is 0 Å². The predicted octanol–water partition coefficient (Wildman–Crippen LogP) is 3.03.